The van der Waals surface area contributed by atoms with Gasteiger partial charge in [0.15, 0.2) is 0 Å². The molecule has 3 aromatic rings. The van der Waals surface area contributed by atoms with Crippen LogP contribution in [0.5, 0.6) is 0 Å². The van der Waals surface area contributed by atoms with Crippen molar-refractivity contribution >= 4 is 11.0 Å². The molecule has 2 heterocycles. The molecule has 0 amide bonds. The summed E-state index contributed by atoms with van der Waals surface area (Å²) in [6, 6.07) is 8.86. The smallest absolute Gasteiger partial charge is 0.141 e. The molecule has 1 aliphatic carbocycles. The molecule has 100 valence electrons. The summed E-state index contributed by atoms with van der Waals surface area (Å²) in [5.74, 6) is 0.686. The average molecular weight is 263 g/mol. The summed E-state index contributed by atoms with van der Waals surface area (Å²) in [5, 5.41) is 1.09. The second-order valence-corrected chi connectivity index (χ2v) is 5.67. The van der Waals surface area contributed by atoms with Gasteiger partial charge in [-0.05, 0) is 48.4 Å². The number of aromatic amines is 1. The maximum Gasteiger partial charge on any atom is 0.141 e. The fourth-order valence-electron chi connectivity index (χ4n) is 3.31. The Morgan fingerprint density at radius 2 is 2.15 bits per heavy atom. The van der Waals surface area contributed by atoms with Gasteiger partial charge in [0.25, 0.3) is 0 Å². The van der Waals surface area contributed by atoms with E-state index in [-0.39, 0.29) is 0 Å². The van der Waals surface area contributed by atoms with E-state index in [9.17, 15) is 0 Å². The quantitative estimate of drug-likeness (QED) is 0.719. The summed E-state index contributed by atoms with van der Waals surface area (Å²) in [6.07, 6.45) is 7.34. The van der Waals surface area contributed by atoms with Gasteiger partial charge in [-0.3, -0.25) is 0 Å². The van der Waals surface area contributed by atoms with Crippen LogP contribution >= 0.6 is 0 Å². The van der Waals surface area contributed by atoms with Crippen molar-refractivity contribution in [1.82, 2.24) is 15.0 Å². The van der Waals surface area contributed by atoms with Crippen molar-refractivity contribution in [3.8, 4) is 11.3 Å². The van der Waals surface area contributed by atoms with Crippen LogP contribution in [0.3, 0.4) is 0 Å². The van der Waals surface area contributed by atoms with Crippen LogP contribution in [0.1, 0.15) is 36.8 Å². The van der Waals surface area contributed by atoms with Crippen molar-refractivity contribution in [3.05, 3.63) is 47.9 Å². The Balaban J connectivity index is 1.89. The van der Waals surface area contributed by atoms with Crippen LogP contribution < -0.4 is 0 Å². The van der Waals surface area contributed by atoms with Gasteiger partial charge >= 0.3 is 0 Å². The number of hydrogen-bond acceptors (Lipinski definition) is 2. The molecule has 1 atom stereocenters. The first kappa shape index (κ1) is 11.6. The third-order valence-corrected chi connectivity index (χ3v) is 4.38. The maximum absolute atomic E-state index is 4.49. The number of H-pyrrole nitrogens is 1. The number of benzene rings is 1. The summed E-state index contributed by atoms with van der Waals surface area (Å²) < 4.78 is 0. The standard InChI is InChI=1S/C17H17N3/c1-11-3-2-4-12-9-13(5-6-14(11)12)16-15-7-8-18-17(15)20-10-19-16/h5-11H,2-4H2,1H3,(H,18,19,20). The predicted molar refractivity (Wildman–Crippen MR) is 80.7 cm³/mol. The van der Waals surface area contributed by atoms with Crippen molar-refractivity contribution in [3.63, 3.8) is 0 Å². The van der Waals surface area contributed by atoms with E-state index in [4.69, 9.17) is 0 Å². The van der Waals surface area contributed by atoms with Gasteiger partial charge < -0.3 is 4.98 Å². The Hall–Kier alpha value is -2.16. The van der Waals surface area contributed by atoms with Crippen LogP contribution in [0.2, 0.25) is 0 Å². The Morgan fingerprint density at radius 3 is 3.10 bits per heavy atom. The number of nitrogens with zero attached hydrogens (tertiary/aromatic N) is 2. The zero-order valence-corrected chi connectivity index (χ0v) is 11.6. The lowest BCUT2D eigenvalue weighted by molar-refractivity contribution is 0.590. The van der Waals surface area contributed by atoms with Crippen molar-refractivity contribution in [2.45, 2.75) is 32.1 Å². The van der Waals surface area contributed by atoms with E-state index in [0.29, 0.717) is 5.92 Å². The van der Waals surface area contributed by atoms with E-state index in [2.05, 4.69) is 40.1 Å². The Morgan fingerprint density at radius 1 is 1.20 bits per heavy atom. The van der Waals surface area contributed by atoms with E-state index in [0.717, 1.165) is 16.7 Å². The summed E-state index contributed by atoms with van der Waals surface area (Å²) >= 11 is 0. The second-order valence-electron chi connectivity index (χ2n) is 5.67. The molecule has 0 bridgehead atoms. The molecule has 0 aliphatic heterocycles. The van der Waals surface area contributed by atoms with Crippen LogP contribution in [0.15, 0.2) is 36.8 Å². The van der Waals surface area contributed by atoms with Crippen LogP contribution in [0.4, 0.5) is 0 Å². The van der Waals surface area contributed by atoms with Crippen LogP contribution in [0.25, 0.3) is 22.3 Å². The van der Waals surface area contributed by atoms with Crippen molar-refractivity contribution in [2.75, 3.05) is 0 Å². The molecule has 0 saturated carbocycles. The van der Waals surface area contributed by atoms with Crippen molar-refractivity contribution in [2.24, 2.45) is 0 Å². The number of nitrogens with one attached hydrogen (secondary N) is 1. The highest BCUT2D eigenvalue weighted by Crippen LogP contribution is 2.34. The summed E-state index contributed by atoms with van der Waals surface area (Å²) in [4.78, 5) is 11.9. The molecule has 3 nitrogen and oxygen atoms in total. The van der Waals surface area contributed by atoms with E-state index < -0.39 is 0 Å². The highest BCUT2D eigenvalue weighted by molar-refractivity contribution is 5.90. The Labute approximate surface area is 118 Å². The first-order valence-electron chi connectivity index (χ1n) is 7.24. The SMILES string of the molecule is CC1CCCc2cc(-c3ncnc4[nH]ccc34)ccc21. The molecule has 1 N–H and O–H groups in total. The molecule has 0 fully saturated rings. The summed E-state index contributed by atoms with van der Waals surface area (Å²) in [7, 11) is 0. The number of hydrogen-bond donors (Lipinski definition) is 1. The molecule has 0 saturated heterocycles. The number of aromatic nitrogens is 3. The lowest BCUT2D eigenvalue weighted by atomic mass is 9.83. The Kier molecular flexibility index (Phi) is 2.59. The third-order valence-electron chi connectivity index (χ3n) is 4.38. The summed E-state index contributed by atoms with van der Waals surface area (Å²) in [6.45, 7) is 2.33. The molecule has 2 aromatic heterocycles. The predicted octanol–water partition coefficient (Wildman–Crippen LogP) is 4.06. The van der Waals surface area contributed by atoms with Gasteiger partial charge in [-0.2, -0.15) is 0 Å². The first-order valence-corrected chi connectivity index (χ1v) is 7.24. The zero-order chi connectivity index (χ0) is 13.5. The minimum absolute atomic E-state index is 0.686. The molecular formula is C17H17N3. The monoisotopic (exact) mass is 263 g/mol. The topological polar surface area (TPSA) is 41.6 Å². The van der Waals surface area contributed by atoms with Gasteiger partial charge in [-0.1, -0.05) is 19.1 Å². The Bertz CT molecular complexity index is 773. The van der Waals surface area contributed by atoms with Crippen molar-refractivity contribution < 1.29 is 0 Å². The van der Waals surface area contributed by atoms with Crippen molar-refractivity contribution in [1.29, 1.82) is 0 Å². The zero-order valence-electron chi connectivity index (χ0n) is 11.6. The third kappa shape index (κ3) is 1.73. The number of rotatable bonds is 1. The first-order chi connectivity index (χ1) is 9.83. The van der Waals surface area contributed by atoms with Gasteiger partial charge in [0.1, 0.15) is 12.0 Å². The fourth-order valence-corrected chi connectivity index (χ4v) is 3.31. The maximum atomic E-state index is 4.49. The van der Waals surface area contributed by atoms with Gasteiger partial charge in [0.05, 0.1) is 5.69 Å². The number of fused-ring (bicyclic) bond motifs is 2. The van der Waals surface area contributed by atoms with Gasteiger partial charge in [0.2, 0.25) is 0 Å². The van der Waals surface area contributed by atoms with Crippen LogP contribution in [-0.4, -0.2) is 15.0 Å². The van der Waals surface area contributed by atoms with E-state index in [1.165, 1.54) is 36.0 Å². The molecule has 3 heteroatoms. The minimum Gasteiger partial charge on any atom is -0.346 e. The van der Waals surface area contributed by atoms with E-state index in [1.807, 2.05) is 12.3 Å². The van der Waals surface area contributed by atoms with Crippen LogP contribution in [0, 0.1) is 0 Å². The molecule has 1 unspecified atom stereocenters. The molecule has 0 spiro atoms. The molecule has 1 aromatic carbocycles. The fraction of sp³-hybridized carbons (Fsp3) is 0.294. The molecule has 4 rings (SSSR count). The van der Waals surface area contributed by atoms with E-state index in [1.54, 1.807) is 6.33 Å². The second kappa shape index (κ2) is 4.44. The van der Waals surface area contributed by atoms with E-state index >= 15 is 0 Å². The normalized spacial score (nSPS) is 18.1. The summed E-state index contributed by atoms with van der Waals surface area (Å²) in [5.41, 5.74) is 6.13. The lowest BCUT2D eigenvalue weighted by Gasteiger charge is -2.22. The minimum atomic E-state index is 0.686. The molecular weight excluding hydrogens is 246 g/mol. The number of aryl methyl sites for hydroxylation is 1. The van der Waals surface area contributed by atoms with Gasteiger partial charge in [0, 0.05) is 17.1 Å². The lowest BCUT2D eigenvalue weighted by Crippen LogP contribution is -2.07. The van der Waals surface area contributed by atoms with Gasteiger partial charge in [-0.25, -0.2) is 9.97 Å². The molecule has 1 aliphatic rings. The van der Waals surface area contributed by atoms with Gasteiger partial charge in [-0.15, -0.1) is 0 Å². The highest BCUT2D eigenvalue weighted by atomic mass is 14.9. The highest BCUT2D eigenvalue weighted by Gasteiger charge is 2.17. The average Bonchev–Trinajstić information content (AvgIpc) is 2.95. The molecule has 0 radical (unpaired) electrons. The largest absolute Gasteiger partial charge is 0.346 e. The van der Waals surface area contributed by atoms with Crippen LogP contribution in [-0.2, 0) is 6.42 Å². The molecule has 20 heavy (non-hydrogen) atoms.